The van der Waals surface area contributed by atoms with Crippen molar-refractivity contribution in [2.24, 2.45) is 0 Å². The van der Waals surface area contributed by atoms with E-state index in [1.165, 1.54) is 0 Å². The molecule has 0 aromatic heterocycles. The molecular weight excluding hydrogens is 680 g/mol. The summed E-state index contributed by atoms with van der Waals surface area (Å²) in [6, 6.07) is 12.4. The van der Waals surface area contributed by atoms with Crippen LogP contribution in [0.3, 0.4) is 0 Å². The summed E-state index contributed by atoms with van der Waals surface area (Å²) in [6.45, 7) is 7.32. The molecule has 0 nitrogen and oxygen atoms in total. The maximum Gasteiger partial charge on any atom is 0.0413 e. The van der Waals surface area contributed by atoms with Gasteiger partial charge in [0.05, 0.1) is 0 Å². The fraction of sp³-hybridized carbons (Fsp3) is 0.133. The summed E-state index contributed by atoms with van der Waals surface area (Å²) in [5.41, 5.74) is 7.76. The van der Waals surface area contributed by atoms with E-state index in [1.54, 1.807) is 0 Å². The van der Waals surface area contributed by atoms with Crippen LogP contribution in [0.25, 0.3) is 22.3 Å². The van der Waals surface area contributed by atoms with Gasteiger partial charge in [0.25, 0.3) is 0 Å². The average molecular weight is 698 g/mol. The highest BCUT2D eigenvalue weighted by atomic mass is 79.9. The van der Waals surface area contributed by atoms with Crippen molar-refractivity contribution >= 4 is 63.7 Å². The van der Waals surface area contributed by atoms with Gasteiger partial charge in [-0.25, -0.2) is 0 Å². The molecule has 0 amide bonds. The molecule has 0 atom stereocenters. The molecule has 0 aliphatic heterocycles. The zero-order valence-corrected chi connectivity index (χ0v) is 25.3. The third kappa shape index (κ3) is 5.72. The lowest BCUT2D eigenvalue weighted by molar-refractivity contribution is 1.47. The van der Waals surface area contributed by atoms with Crippen molar-refractivity contribution in [3.05, 3.63) is 76.5 Å². The van der Waals surface area contributed by atoms with Crippen molar-refractivity contribution in [3.8, 4) is 69.6 Å². The smallest absolute Gasteiger partial charge is 0.0413 e. The first-order valence-corrected chi connectivity index (χ1v) is 13.4. The van der Waals surface area contributed by atoms with Crippen molar-refractivity contribution in [1.82, 2.24) is 0 Å². The topological polar surface area (TPSA) is 0 Å². The van der Waals surface area contributed by atoms with E-state index in [2.05, 4.69) is 135 Å². The Labute approximate surface area is 235 Å². The van der Waals surface area contributed by atoms with Gasteiger partial charge in [0.1, 0.15) is 0 Å². The quantitative estimate of drug-likeness (QED) is 0.234. The molecule has 0 fully saturated rings. The molecule has 4 heteroatoms. The monoisotopic (exact) mass is 694 g/mol. The Morgan fingerprint density at radius 3 is 0.912 bits per heavy atom. The zero-order valence-electron chi connectivity index (χ0n) is 19.0. The lowest BCUT2D eigenvalue weighted by Gasteiger charge is -2.15. The summed E-state index contributed by atoms with van der Waals surface area (Å²) in [5, 5.41) is 0. The van der Waals surface area contributed by atoms with Gasteiger partial charge in [-0.05, 0) is 86.3 Å². The Morgan fingerprint density at radius 1 is 0.382 bits per heavy atom. The summed E-state index contributed by atoms with van der Waals surface area (Å²) >= 11 is 15.1. The molecule has 0 spiro atoms. The summed E-state index contributed by atoms with van der Waals surface area (Å²) in [5.74, 6) is 24.6. The number of benzene rings is 3. The summed E-state index contributed by atoms with van der Waals surface area (Å²) in [6.07, 6.45) is 0. The maximum absolute atomic E-state index is 3.80. The standard InChI is InChI=1S/C30H18Br4/c1-5-9-19-13-23(27(31)15-21(19)11-7-3)25-17-30(34)26(18-29(25)33)24-14-20(10-6-2)22(12-8-4)16-28(24)32/h13-18H,1-4H3. The number of halogens is 4. The van der Waals surface area contributed by atoms with Crippen LogP contribution in [0.5, 0.6) is 0 Å². The molecule has 166 valence electrons. The van der Waals surface area contributed by atoms with Crippen molar-refractivity contribution in [2.75, 3.05) is 0 Å². The Bertz CT molecular complexity index is 1430. The Morgan fingerprint density at radius 2 is 0.618 bits per heavy atom. The van der Waals surface area contributed by atoms with E-state index < -0.39 is 0 Å². The normalized spacial score (nSPS) is 9.41. The van der Waals surface area contributed by atoms with Gasteiger partial charge in [-0.3, -0.25) is 0 Å². The second-order valence-electron chi connectivity index (χ2n) is 7.07. The highest BCUT2D eigenvalue weighted by Crippen LogP contribution is 2.43. The SMILES string of the molecule is CC#Cc1cc(Br)c(-c2cc(Br)c(-c3cc(C#CC)c(C#CC)cc3Br)cc2Br)cc1C#CC. The van der Waals surface area contributed by atoms with Gasteiger partial charge in [-0.1, -0.05) is 87.4 Å². The minimum Gasteiger partial charge on any atom is -0.101 e. The fourth-order valence-electron chi connectivity index (χ4n) is 3.47. The van der Waals surface area contributed by atoms with Crippen molar-refractivity contribution in [1.29, 1.82) is 0 Å². The van der Waals surface area contributed by atoms with Crippen LogP contribution in [0.1, 0.15) is 49.9 Å². The van der Waals surface area contributed by atoms with Crippen LogP contribution in [0, 0.1) is 47.4 Å². The van der Waals surface area contributed by atoms with Crippen LogP contribution in [-0.4, -0.2) is 0 Å². The molecule has 0 aliphatic rings. The lowest BCUT2D eigenvalue weighted by atomic mass is 9.95. The largest absolute Gasteiger partial charge is 0.101 e. The van der Waals surface area contributed by atoms with E-state index in [1.807, 2.05) is 39.8 Å². The Balaban J connectivity index is 2.23. The van der Waals surface area contributed by atoms with Crippen LogP contribution in [-0.2, 0) is 0 Å². The second kappa shape index (κ2) is 12.0. The summed E-state index contributed by atoms with van der Waals surface area (Å²) in [4.78, 5) is 0. The molecule has 0 radical (unpaired) electrons. The van der Waals surface area contributed by atoms with Crippen LogP contribution < -0.4 is 0 Å². The first-order valence-electron chi connectivity index (χ1n) is 10.2. The van der Waals surface area contributed by atoms with Crippen LogP contribution >= 0.6 is 63.7 Å². The molecule has 0 heterocycles. The second-order valence-corrected chi connectivity index (χ2v) is 10.5. The molecule has 0 saturated heterocycles. The number of hydrogen-bond donors (Lipinski definition) is 0. The van der Waals surface area contributed by atoms with E-state index in [0.717, 1.165) is 62.4 Å². The van der Waals surface area contributed by atoms with Gasteiger partial charge in [0, 0.05) is 40.1 Å². The summed E-state index contributed by atoms with van der Waals surface area (Å²) < 4.78 is 3.83. The van der Waals surface area contributed by atoms with Crippen LogP contribution in [0.2, 0.25) is 0 Å². The molecule has 34 heavy (non-hydrogen) atoms. The predicted molar refractivity (Wildman–Crippen MR) is 158 cm³/mol. The molecule has 0 unspecified atom stereocenters. The zero-order chi connectivity index (χ0) is 24.8. The Hall–Kier alpha value is -2.18. The van der Waals surface area contributed by atoms with Gasteiger partial charge in [-0.2, -0.15) is 0 Å². The van der Waals surface area contributed by atoms with Crippen molar-refractivity contribution in [2.45, 2.75) is 27.7 Å². The molecule has 3 aromatic rings. The first kappa shape index (κ1) is 26.4. The lowest BCUT2D eigenvalue weighted by Crippen LogP contribution is -1.93. The van der Waals surface area contributed by atoms with Gasteiger partial charge in [0.2, 0.25) is 0 Å². The van der Waals surface area contributed by atoms with E-state index in [4.69, 9.17) is 0 Å². The fourth-order valence-corrected chi connectivity index (χ4v) is 5.70. The van der Waals surface area contributed by atoms with E-state index in [0.29, 0.717) is 0 Å². The minimum atomic E-state index is 0.903. The average Bonchev–Trinajstić information content (AvgIpc) is 2.79. The van der Waals surface area contributed by atoms with Gasteiger partial charge in [0.15, 0.2) is 0 Å². The van der Waals surface area contributed by atoms with Gasteiger partial charge < -0.3 is 0 Å². The highest BCUT2D eigenvalue weighted by molar-refractivity contribution is 9.11. The van der Waals surface area contributed by atoms with Crippen LogP contribution in [0.4, 0.5) is 0 Å². The molecule has 0 bridgehead atoms. The van der Waals surface area contributed by atoms with E-state index in [9.17, 15) is 0 Å². The van der Waals surface area contributed by atoms with Crippen molar-refractivity contribution < 1.29 is 0 Å². The third-order valence-corrected chi connectivity index (χ3v) is 7.51. The van der Waals surface area contributed by atoms with E-state index in [-0.39, 0.29) is 0 Å². The van der Waals surface area contributed by atoms with Crippen LogP contribution in [0.15, 0.2) is 54.3 Å². The molecular formula is C30H18Br4. The molecule has 3 rings (SSSR count). The Kier molecular flexibility index (Phi) is 9.31. The number of hydrogen-bond acceptors (Lipinski definition) is 0. The molecule has 0 aliphatic carbocycles. The molecule has 0 N–H and O–H groups in total. The van der Waals surface area contributed by atoms with Gasteiger partial charge in [-0.15, -0.1) is 23.7 Å². The maximum atomic E-state index is 3.80. The predicted octanol–water partition coefficient (Wildman–Crippen LogP) is 9.56. The molecule has 3 aromatic carbocycles. The highest BCUT2D eigenvalue weighted by Gasteiger charge is 2.17. The van der Waals surface area contributed by atoms with E-state index >= 15 is 0 Å². The third-order valence-electron chi connectivity index (χ3n) is 4.89. The number of rotatable bonds is 2. The minimum absolute atomic E-state index is 0.903. The first-order chi connectivity index (χ1) is 16.3. The summed E-state index contributed by atoms with van der Waals surface area (Å²) in [7, 11) is 0. The molecule has 0 saturated carbocycles. The van der Waals surface area contributed by atoms with Crippen molar-refractivity contribution in [3.63, 3.8) is 0 Å². The van der Waals surface area contributed by atoms with Gasteiger partial charge >= 0.3 is 0 Å².